The molecular weight excluding hydrogens is 262 g/mol. The summed E-state index contributed by atoms with van der Waals surface area (Å²) in [6.45, 7) is 1.57. The molecule has 0 amide bonds. The molecule has 0 atom stereocenters. The van der Waals surface area contributed by atoms with Crippen LogP contribution in [-0.2, 0) is 9.47 Å². The van der Waals surface area contributed by atoms with Gasteiger partial charge in [0.1, 0.15) is 0 Å². The third kappa shape index (κ3) is 3.01. The molecule has 0 unspecified atom stereocenters. The largest absolute Gasteiger partial charge is 0.352 e. The maximum absolute atomic E-state index is 13.3. The van der Waals surface area contributed by atoms with E-state index in [9.17, 15) is 8.78 Å². The molecule has 1 aliphatic carbocycles. The van der Waals surface area contributed by atoms with E-state index >= 15 is 0 Å². The fraction of sp³-hybridized carbons (Fsp3) is 0.625. The summed E-state index contributed by atoms with van der Waals surface area (Å²) in [6, 6.07) is 4.27. The first-order chi connectivity index (χ1) is 9.74. The molecule has 4 heteroatoms. The third-order valence-electron chi connectivity index (χ3n) is 4.42. The predicted octanol–water partition coefficient (Wildman–Crippen LogP) is 4.00. The van der Waals surface area contributed by atoms with Crippen LogP contribution in [0.15, 0.2) is 18.2 Å². The highest BCUT2D eigenvalue weighted by Crippen LogP contribution is 2.38. The molecule has 1 aliphatic heterocycles. The predicted molar refractivity (Wildman–Crippen MR) is 71.4 cm³/mol. The zero-order valence-corrected chi connectivity index (χ0v) is 11.5. The Morgan fingerprint density at radius 3 is 2.25 bits per heavy atom. The minimum atomic E-state index is -0.772. The van der Waals surface area contributed by atoms with Crippen LogP contribution in [0.25, 0.3) is 0 Å². The Morgan fingerprint density at radius 1 is 0.900 bits per heavy atom. The molecule has 0 aromatic heterocycles. The SMILES string of the molecule is Fc1ccc(C2CCC(C3OCCCO3)CC2)cc1F. The highest BCUT2D eigenvalue weighted by molar-refractivity contribution is 5.22. The summed E-state index contributed by atoms with van der Waals surface area (Å²) in [5, 5.41) is 0. The van der Waals surface area contributed by atoms with Crippen LogP contribution in [0.4, 0.5) is 8.78 Å². The molecule has 1 aromatic rings. The van der Waals surface area contributed by atoms with E-state index < -0.39 is 11.6 Å². The summed E-state index contributed by atoms with van der Waals surface area (Å²) in [7, 11) is 0. The highest BCUT2D eigenvalue weighted by Gasteiger charge is 2.30. The van der Waals surface area contributed by atoms with Crippen LogP contribution in [0.2, 0.25) is 0 Å². The Labute approximate surface area is 118 Å². The summed E-state index contributed by atoms with van der Waals surface area (Å²) >= 11 is 0. The number of hydrogen-bond donors (Lipinski definition) is 0. The van der Waals surface area contributed by atoms with Crippen molar-refractivity contribution in [2.45, 2.75) is 44.3 Å². The summed E-state index contributed by atoms with van der Waals surface area (Å²) in [6.07, 6.45) is 4.93. The Bertz CT molecular complexity index is 450. The fourth-order valence-corrected chi connectivity index (χ4v) is 3.27. The third-order valence-corrected chi connectivity index (χ3v) is 4.42. The van der Waals surface area contributed by atoms with E-state index in [1.807, 2.05) is 0 Å². The van der Waals surface area contributed by atoms with Crippen LogP contribution in [-0.4, -0.2) is 19.5 Å². The molecule has 0 N–H and O–H groups in total. The van der Waals surface area contributed by atoms with Gasteiger partial charge in [0.2, 0.25) is 0 Å². The number of halogens is 2. The lowest BCUT2D eigenvalue weighted by Crippen LogP contribution is -2.34. The average Bonchev–Trinajstić information content (AvgIpc) is 2.51. The van der Waals surface area contributed by atoms with E-state index in [4.69, 9.17) is 9.47 Å². The van der Waals surface area contributed by atoms with Gasteiger partial charge in [-0.3, -0.25) is 0 Å². The Hall–Kier alpha value is -1.00. The lowest BCUT2D eigenvalue weighted by Gasteiger charge is -2.35. The quantitative estimate of drug-likeness (QED) is 0.816. The van der Waals surface area contributed by atoms with Crippen molar-refractivity contribution in [2.75, 3.05) is 13.2 Å². The fourth-order valence-electron chi connectivity index (χ4n) is 3.27. The van der Waals surface area contributed by atoms with Gasteiger partial charge in [-0.15, -0.1) is 0 Å². The van der Waals surface area contributed by atoms with Gasteiger partial charge in [-0.25, -0.2) is 8.78 Å². The van der Waals surface area contributed by atoms with Gasteiger partial charge in [-0.05, 0) is 55.7 Å². The number of rotatable bonds is 2. The Kier molecular flexibility index (Phi) is 4.32. The first kappa shape index (κ1) is 14.0. The Balaban J connectivity index is 1.58. The van der Waals surface area contributed by atoms with Gasteiger partial charge >= 0.3 is 0 Å². The van der Waals surface area contributed by atoms with E-state index in [2.05, 4.69) is 0 Å². The number of benzene rings is 1. The molecule has 3 rings (SSSR count). The maximum Gasteiger partial charge on any atom is 0.160 e. The van der Waals surface area contributed by atoms with Crippen molar-refractivity contribution in [1.82, 2.24) is 0 Å². The minimum Gasteiger partial charge on any atom is -0.352 e. The standard InChI is InChI=1S/C16H20F2O2/c17-14-7-6-13(10-15(14)18)11-2-4-12(5-3-11)16-19-8-1-9-20-16/h6-7,10-12,16H,1-5,8-9H2. The van der Waals surface area contributed by atoms with Gasteiger partial charge in [0.15, 0.2) is 17.9 Å². The molecule has 1 heterocycles. The van der Waals surface area contributed by atoms with Crippen LogP contribution < -0.4 is 0 Å². The minimum absolute atomic E-state index is 0.0605. The van der Waals surface area contributed by atoms with Crippen molar-refractivity contribution < 1.29 is 18.3 Å². The van der Waals surface area contributed by atoms with Gasteiger partial charge < -0.3 is 9.47 Å². The Morgan fingerprint density at radius 2 is 1.60 bits per heavy atom. The van der Waals surface area contributed by atoms with Gasteiger partial charge in [0.25, 0.3) is 0 Å². The molecule has 20 heavy (non-hydrogen) atoms. The molecule has 110 valence electrons. The molecule has 2 aliphatic rings. The average molecular weight is 282 g/mol. The van der Waals surface area contributed by atoms with Crippen LogP contribution in [0.1, 0.15) is 43.6 Å². The molecule has 2 nitrogen and oxygen atoms in total. The zero-order valence-electron chi connectivity index (χ0n) is 11.5. The molecule has 0 radical (unpaired) electrons. The van der Waals surface area contributed by atoms with Crippen LogP contribution in [0.5, 0.6) is 0 Å². The van der Waals surface area contributed by atoms with Crippen LogP contribution in [0.3, 0.4) is 0 Å². The van der Waals surface area contributed by atoms with E-state index in [0.717, 1.165) is 50.9 Å². The van der Waals surface area contributed by atoms with Crippen molar-refractivity contribution in [1.29, 1.82) is 0 Å². The van der Waals surface area contributed by atoms with Crippen molar-refractivity contribution in [2.24, 2.45) is 5.92 Å². The second kappa shape index (κ2) is 6.19. The van der Waals surface area contributed by atoms with Gasteiger partial charge in [-0.2, -0.15) is 0 Å². The zero-order chi connectivity index (χ0) is 13.9. The lowest BCUT2D eigenvalue weighted by atomic mass is 9.78. The van der Waals surface area contributed by atoms with Crippen molar-refractivity contribution in [3.8, 4) is 0 Å². The second-order valence-corrected chi connectivity index (χ2v) is 5.75. The highest BCUT2D eigenvalue weighted by atomic mass is 19.2. The van der Waals surface area contributed by atoms with Crippen molar-refractivity contribution in [3.05, 3.63) is 35.4 Å². The first-order valence-electron chi connectivity index (χ1n) is 7.42. The second-order valence-electron chi connectivity index (χ2n) is 5.75. The number of ether oxygens (including phenoxy) is 2. The van der Waals surface area contributed by atoms with Gasteiger partial charge in [-0.1, -0.05) is 6.07 Å². The molecule has 1 aromatic carbocycles. The molecule has 0 spiro atoms. The van der Waals surface area contributed by atoms with Crippen LogP contribution >= 0.6 is 0 Å². The topological polar surface area (TPSA) is 18.5 Å². The van der Waals surface area contributed by atoms with E-state index in [-0.39, 0.29) is 6.29 Å². The van der Waals surface area contributed by atoms with Crippen molar-refractivity contribution in [3.63, 3.8) is 0 Å². The van der Waals surface area contributed by atoms with Gasteiger partial charge in [0.05, 0.1) is 13.2 Å². The first-order valence-corrected chi connectivity index (χ1v) is 7.42. The van der Waals surface area contributed by atoms with Gasteiger partial charge in [0, 0.05) is 5.92 Å². The smallest absolute Gasteiger partial charge is 0.160 e. The molecule has 2 fully saturated rings. The maximum atomic E-state index is 13.3. The summed E-state index contributed by atoms with van der Waals surface area (Å²) in [5.74, 6) is -0.753. The van der Waals surface area contributed by atoms with Crippen molar-refractivity contribution >= 4 is 0 Å². The normalized spacial score (nSPS) is 28.5. The molecule has 1 saturated heterocycles. The van der Waals surface area contributed by atoms with Crippen LogP contribution in [0, 0.1) is 17.6 Å². The van der Waals surface area contributed by atoms with E-state index in [0.29, 0.717) is 11.8 Å². The molecule has 0 bridgehead atoms. The summed E-state index contributed by atoms with van der Waals surface area (Å²) in [5.41, 5.74) is 0.910. The molecular formula is C16H20F2O2. The monoisotopic (exact) mass is 282 g/mol. The lowest BCUT2D eigenvalue weighted by molar-refractivity contribution is -0.209. The summed E-state index contributed by atoms with van der Waals surface area (Å²) in [4.78, 5) is 0. The van der Waals surface area contributed by atoms with E-state index in [1.165, 1.54) is 12.1 Å². The van der Waals surface area contributed by atoms with E-state index in [1.54, 1.807) is 6.07 Å². The molecule has 1 saturated carbocycles. The number of hydrogen-bond acceptors (Lipinski definition) is 2. The summed E-state index contributed by atoms with van der Waals surface area (Å²) < 4.78 is 37.6.